The molecule has 0 radical (unpaired) electrons. The lowest BCUT2D eigenvalue weighted by atomic mass is 9.79. The molecule has 1 fully saturated rings. The van der Waals surface area contributed by atoms with Gasteiger partial charge in [0.25, 0.3) is 0 Å². The summed E-state index contributed by atoms with van der Waals surface area (Å²) in [4.78, 5) is 12.8. The van der Waals surface area contributed by atoms with Crippen molar-refractivity contribution in [1.29, 1.82) is 0 Å². The molecule has 0 aromatic carbocycles. The quantitative estimate of drug-likeness (QED) is 0.785. The predicted octanol–water partition coefficient (Wildman–Crippen LogP) is 2.61. The maximum atomic E-state index is 10.5. The zero-order chi connectivity index (χ0) is 12.1. The number of nitrogens with zero attached hydrogens (tertiary/aromatic N) is 1. The molecule has 1 rings (SSSR count). The summed E-state index contributed by atoms with van der Waals surface area (Å²) in [5.41, 5.74) is 0. The fraction of sp³-hybridized carbons (Fsp3) is 0.923. The molecule has 1 N–H and O–H groups in total. The number of carboxylic acid groups (broad SMARTS) is 1. The van der Waals surface area contributed by atoms with Crippen molar-refractivity contribution in [2.75, 3.05) is 13.6 Å². The van der Waals surface area contributed by atoms with Crippen molar-refractivity contribution >= 4 is 5.97 Å². The summed E-state index contributed by atoms with van der Waals surface area (Å²) in [5, 5.41) is 8.61. The molecule has 0 heterocycles. The standard InChI is InChI=1S/C13H25NO2/c1-10-6-7-11(2)12(9-10)14(3)8-4-5-13(15)16/h10-12H,4-9H2,1-3H3,(H,15,16). The van der Waals surface area contributed by atoms with E-state index in [1.54, 1.807) is 0 Å². The SMILES string of the molecule is CC1CCC(C)C(N(C)CCCC(=O)O)C1. The normalized spacial score (nSPS) is 30.6. The van der Waals surface area contributed by atoms with Gasteiger partial charge in [-0.25, -0.2) is 0 Å². The predicted molar refractivity (Wildman–Crippen MR) is 65.5 cm³/mol. The van der Waals surface area contributed by atoms with E-state index in [-0.39, 0.29) is 0 Å². The third-order valence-electron chi connectivity index (χ3n) is 3.88. The lowest BCUT2D eigenvalue weighted by molar-refractivity contribution is -0.137. The molecule has 1 saturated carbocycles. The Labute approximate surface area is 98.8 Å². The zero-order valence-electron chi connectivity index (χ0n) is 10.8. The first-order chi connectivity index (χ1) is 7.50. The monoisotopic (exact) mass is 227 g/mol. The lowest BCUT2D eigenvalue weighted by Gasteiger charge is -2.39. The minimum Gasteiger partial charge on any atom is -0.481 e. The first-order valence-corrected chi connectivity index (χ1v) is 6.42. The Hall–Kier alpha value is -0.570. The maximum Gasteiger partial charge on any atom is 0.303 e. The molecule has 0 aromatic rings. The highest BCUT2D eigenvalue weighted by atomic mass is 16.4. The van der Waals surface area contributed by atoms with E-state index in [2.05, 4.69) is 25.8 Å². The maximum absolute atomic E-state index is 10.5. The number of carbonyl (C=O) groups is 1. The molecule has 1 aliphatic rings. The van der Waals surface area contributed by atoms with Crippen LogP contribution >= 0.6 is 0 Å². The number of carboxylic acids is 1. The topological polar surface area (TPSA) is 40.5 Å². The summed E-state index contributed by atoms with van der Waals surface area (Å²) < 4.78 is 0. The highest BCUT2D eigenvalue weighted by molar-refractivity contribution is 5.66. The molecule has 1 aliphatic carbocycles. The Kier molecular flexibility index (Phi) is 5.26. The first-order valence-electron chi connectivity index (χ1n) is 6.42. The number of rotatable bonds is 5. The van der Waals surface area contributed by atoms with E-state index >= 15 is 0 Å². The van der Waals surface area contributed by atoms with Gasteiger partial charge in [-0.15, -0.1) is 0 Å². The van der Waals surface area contributed by atoms with Gasteiger partial charge >= 0.3 is 5.97 Å². The summed E-state index contributed by atoms with van der Waals surface area (Å²) in [6, 6.07) is 0.651. The zero-order valence-corrected chi connectivity index (χ0v) is 10.8. The molecule has 3 unspecified atom stereocenters. The van der Waals surface area contributed by atoms with Gasteiger partial charge in [-0.3, -0.25) is 4.79 Å². The van der Waals surface area contributed by atoms with Crippen LogP contribution in [0.15, 0.2) is 0 Å². The van der Waals surface area contributed by atoms with E-state index in [1.807, 2.05) is 0 Å². The molecule has 0 spiro atoms. The average molecular weight is 227 g/mol. The van der Waals surface area contributed by atoms with Gasteiger partial charge in [-0.05, 0) is 44.7 Å². The van der Waals surface area contributed by atoms with Gasteiger partial charge in [0, 0.05) is 12.5 Å². The number of aliphatic carboxylic acids is 1. The van der Waals surface area contributed by atoms with Crippen molar-refractivity contribution in [2.45, 2.75) is 52.0 Å². The van der Waals surface area contributed by atoms with Crippen molar-refractivity contribution < 1.29 is 9.90 Å². The van der Waals surface area contributed by atoms with Gasteiger partial charge in [-0.1, -0.05) is 20.3 Å². The Morgan fingerprint density at radius 1 is 1.38 bits per heavy atom. The van der Waals surface area contributed by atoms with Crippen LogP contribution in [0.3, 0.4) is 0 Å². The van der Waals surface area contributed by atoms with Gasteiger partial charge in [0.05, 0.1) is 0 Å². The highest BCUT2D eigenvalue weighted by Crippen LogP contribution is 2.31. The van der Waals surface area contributed by atoms with Crippen LogP contribution in [-0.2, 0) is 4.79 Å². The van der Waals surface area contributed by atoms with E-state index in [9.17, 15) is 4.79 Å². The molecule has 3 heteroatoms. The molecular formula is C13H25NO2. The van der Waals surface area contributed by atoms with Crippen LogP contribution < -0.4 is 0 Å². The van der Waals surface area contributed by atoms with E-state index in [0.717, 1.165) is 24.8 Å². The fourth-order valence-electron chi connectivity index (χ4n) is 2.76. The summed E-state index contributed by atoms with van der Waals surface area (Å²) >= 11 is 0. The van der Waals surface area contributed by atoms with Crippen LogP contribution in [0.5, 0.6) is 0 Å². The van der Waals surface area contributed by atoms with Gasteiger partial charge in [0.1, 0.15) is 0 Å². The van der Waals surface area contributed by atoms with Crippen LogP contribution in [-0.4, -0.2) is 35.6 Å². The second kappa shape index (κ2) is 6.24. The van der Waals surface area contributed by atoms with Crippen LogP contribution in [0.1, 0.15) is 46.0 Å². The smallest absolute Gasteiger partial charge is 0.303 e. The van der Waals surface area contributed by atoms with Crippen molar-refractivity contribution in [3.63, 3.8) is 0 Å². The Morgan fingerprint density at radius 2 is 2.06 bits per heavy atom. The van der Waals surface area contributed by atoms with Crippen molar-refractivity contribution in [3.05, 3.63) is 0 Å². The van der Waals surface area contributed by atoms with Crippen LogP contribution in [0.25, 0.3) is 0 Å². The Bertz CT molecular complexity index is 230. The summed E-state index contributed by atoms with van der Waals surface area (Å²) in [6.45, 7) is 5.56. The van der Waals surface area contributed by atoms with Gasteiger partial charge in [0.2, 0.25) is 0 Å². The molecule has 0 aromatic heterocycles. The molecule has 0 aliphatic heterocycles. The first kappa shape index (κ1) is 13.5. The van der Waals surface area contributed by atoms with Crippen molar-refractivity contribution in [2.24, 2.45) is 11.8 Å². The fourth-order valence-corrected chi connectivity index (χ4v) is 2.76. The second-order valence-electron chi connectivity index (χ2n) is 5.44. The minimum atomic E-state index is -0.682. The molecule has 0 saturated heterocycles. The summed E-state index contributed by atoms with van der Waals surface area (Å²) in [5.74, 6) is 0.896. The third-order valence-corrected chi connectivity index (χ3v) is 3.88. The summed E-state index contributed by atoms with van der Waals surface area (Å²) in [7, 11) is 2.14. The van der Waals surface area contributed by atoms with Gasteiger partial charge in [0.15, 0.2) is 0 Å². The molecule has 16 heavy (non-hydrogen) atoms. The van der Waals surface area contributed by atoms with E-state index < -0.39 is 5.97 Å². The summed E-state index contributed by atoms with van der Waals surface area (Å²) in [6.07, 6.45) is 4.99. The van der Waals surface area contributed by atoms with Crippen LogP contribution in [0.2, 0.25) is 0 Å². The largest absolute Gasteiger partial charge is 0.481 e. The van der Waals surface area contributed by atoms with Crippen LogP contribution in [0, 0.1) is 11.8 Å². The molecule has 3 atom stereocenters. The molecular weight excluding hydrogens is 202 g/mol. The van der Waals surface area contributed by atoms with Crippen molar-refractivity contribution in [1.82, 2.24) is 4.90 Å². The second-order valence-corrected chi connectivity index (χ2v) is 5.44. The molecule has 0 bridgehead atoms. The highest BCUT2D eigenvalue weighted by Gasteiger charge is 2.28. The van der Waals surface area contributed by atoms with Crippen LogP contribution in [0.4, 0.5) is 0 Å². The Morgan fingerprint density at radius 3 is 2.69 bits per heavy atom. The molecule has 94 valence electrons. The third kappa shape index (κ3) is 4.12. The van der Waals surface area contributed by atoms with Gasteiger partial charge < -0.3 is 10.0 Å². The van der Waals surface area contributed by atoms with Crippen molar-refractivity contribution in [3.8, 4) is 0 Å². The van der Waals surface area contributed by atoms with E-state index in [4.69, 9.17) is 5.11 Å². The van der Waals surface area contributed by atoms with E-state index in [0.29, 0.717) is 12.5 Å². The van der Waals surface area contributed by atoms with Gasteiger partial charge in [-0.2, -0.15) is 0 Å². The Balaban J connectivity index is 2.33. The molecule has 0 amide bonds. The average Bonchev–Trinajstić information content (AvgIpc) is 2.21. The van der Waals surface area contributed by atoms with E-state index in [1.165, 1.54) is 19.3 Å². The molecule has 3 nitrogen and oxygen atoms in total. The number of hydrogen-bond acceptors (Lipinski definition) is 2. The number of hydrogen-bond donors (Lipinski definition) is 1. The minimum absolute atomic E-state index is 0.293. The lowest BCUT2D eigenvalue weighted by Crippen LogP contribution is -2.41.